The molecule has 1 unspecified atom stereocenters. The molecule has 1 aromatic rings. The van der Waals surface area contributed by atoms with Gasteiger partial charge in [-0.05, 0) is 68.5 Å². The Morgan fingerprint density at radius 1 is 1.05 bits per heavy atom. The molecule has 2 aliphatic carbocycles. The fourth-order valence-corrected chi connectivity index (χ4v) is 4.10. The molecule has 1 aliphatic heterocycles. The molecule has 1 atom stereocenters. The van der Waals surface area contributed by atoms with E-state index >= 15 is 0 Å². The summed E-state index contributed by atoms with van der Waals surface area (Å²) in [7, 11) is 0. The first-order valence-electron chi connectivity index (χ1n) is 8.91. The van der Waals surface area contributed by atoms with Crippen molar-refractivity contribution in [1.29, 1.82) is 0 Å². The average Bonchev–Trinajstić information content (AvgIpc) is 3.41. The highest BCUT2D eigenvalue weighted by Crippen LogP contribution is 2.49. The average molecular weight is 284 g/mol. The first-order valence-corrected chi connectivity index (χ1v) is 8.91. The van der Waals surface area contributed by atoms with Crippen molar-refractivity contribution < 1.29 is 0 Å². The molecular formula is C19H28N2. The Hall–Kier alpha value is -0.860. The predicted octanol–water partition coefficient (Wildman–Crippen LogP) is 3.46. The van der Waals surface area contributed by atoms with Crippen molar-refractivity contribution in [2.45, 2.75) is 38.1 Å². The molecule has 0 amide bonds. The smallest absolute Gasteiger partial charge is 0.0449 e. The van der Waals surface area contributed by atoms with Crippen LogP contribution in [0.1, 0.15) is 43.7 Å². The van der Waals surface area contributed by atoms with Crippen LogP contribution < -0.4 is 5.32 Å². The molecule has 4 rings (SSSR count). The highest BCUT2D eigenvalue weighted by atomic mass is 15.2. The van der Waals surface area contributed by atoms with Gasteiger partial charge in [-0.2, -0.15) is 0 Å². The van der Waals surface area contributed by atoms with Crippen molar-refractivity contribution in [1.82, 2.24) is 10.2 Å². The molecule has 2 heteroatoms. The van der Waals surface area contributed by atoms with E-state index < -0.39 is 0 Å². The molecule has 1 N–H and O–H groups in total. The molecule has 1 aromatic carbocycles. The lowest BCUT2D eigenvalue weighted by Gasteiger charge is -2.29. The molecule has 2 nitrogen and oxygen atoms in total. The quantitative estimate of drug-likeness (QED) is 0.891. The number of benzene rings is 1. The number of nitrogens with zero attached hydrogens (tertiary/aromatic N) is 1. The van der Waals surface area contributed by atoms with Crippen molar-refractivity contribution in [3.63, 3.8) is 0 Å². The van der Waals surface area contributed by atoms with Crippen LogP contribution in [0.2, 0.25) is 0 Å². The molecule has 3 fully saturated rings. The van der Waals surface area contributed by atoms with E-state index in [4.69, 9.17) is 0 Å². The van der Waals surface area contributed by atoms with E-state index in [1.54, 1.807) is 0 Å². The van der Waals surface area contributed by atoms with Gasteiger partial charge >= 0.3 is 0 Å². The van der Waals surface area contributed by atoms with Gasteiger partial charge in [-0.25, -0.2) is 0 Å². The zero-order chi connectivity index (χ0) is 14.1. The minimum atomic E-state index is 0.521. The van der Waals surface area contributed by atoms with Crippen LogP contribution >= 0.6 is 0 Å². The lowest BCUT2D eigenvalue weighted by molar-refractivity contribution is 0.200. The molecule has 0 spiro atoms. The van der Waals surface area contributed by atoms with Gasteiger partial charge in [0.15, 0.2) is 0 Å². The molecule has 1 saturated heterocycles. The summed E-state index contributed by atoms with van der Waals surface area (Å²) in [5.74, 6) is 3.16. The second kappa shape index (κ2) is 6.10. The molecule has 114 valence electrons. The van der Waals surface area contributed by atoms with Crippen LogP contribution in [-0.2, 0) is 0 Å². The maximum Gasteiger partial charge on any atom is 0.0449 e. The molecule has 0 radical (unpaired) electrons. The van der Waals surface area contributed by atoms with Gasteiger partial charge in [0, 0.05) is 19.1 Å². The van der Waals surface area contributed by atoms with Crippen LogP contribution in [0.15, 0.2) is 30.3 Å². The highest BCUT2D eigenvalue weighted by molar-refractivity contribution is 5.19. The van der Waals surface area contributed by atoms with E-state index in [1.807, 2.05) is 0 Å². The Labute approximate surface area is 128 Å². The first kappa shape index (κ1) is 13.8. The maximum atomic E-state index is 3.75. The van der Waals surface area contributed by atoms with Gasteiger partial charge in [-0.15, -0.1) is 0 Å². The fourth-order valence-electron chi connectivity index (χ4n) is 4.10. The van der Waals surface area contributed by atoms with Crippen molar-refractivity contribution >= 4 is 0 Å². The molecule has 0 bridgehead atoms. The second-order valence-electron chi connectivity index (χ2n) is 7.37. The van der Waals surface area contributed by atoms with Gasteiger partial charge < -0.3 is 10.2 Å². The summed E-state index contributed by atoms with van der Waals surface area (Å²) in [6, 6.07) is 11.5. The maximum absolute atomic E-state index is 3.75. The van der Waals surface area contributed by atoms with Gasteiger partial charge in [0.1, 0.15) is 0 Å². The number of hydrogen-bond acceptors (Lipinski definition) is 2. The van der Waals surface area contributed by atoms with Crippen LogP contribution in [0.25, 0.3) is 0 Å². The normalized spacial score (nSPS) is 27.8. The minimum absolute atomic E-state index is 0.521. The summed E-state index contributed by atoms with van der Waals surface area (Å²) in [5, 5.41) is 3.75. The highest BCUT2D eigenvalue weighted by Gasteiger charge is 2.42. The summed E-state index contributed by atoms with van der Waals surface area (Å²) in [5.41, 5.74) is 1.46. The van der Waals surface area contributed by atoms with E-state index in [2.05, 4.69) is 40.5 Å². The van der Waals surface area contributed by atoms with Crippen molar-refractivity contribution in [3.8, 4) is 0 Å². The Bertz CT molecular complexity index is 438. The Balaban J connectivity index is 1.42. The lowest BCUT2D eigenvalue weighted by atomic mass is 9.96. The SMILES string of the molecule is c1ccc(C2CN(CC(C3CC3)C3CC3)CCCN2)cc1. The van der Waals surface area contributed by atoms with Gasteiger partial charge in [0.25, 0.3) is 0 Å². The minimum Gasteiger partial charge on any atom is -0.309 e. The monoisotopic (exact) mass is 284 g/mol. The Morgan fingerprint density at radius 3 is 2.43 bits per heavy atom. The summed E-state index contributed by atoms with van der Waals surface area (Å²) in [6.45, 7) is 5.00. The van der Waals surface area contributed by atoms with Crippen LogP contribution in [0, 0.1) is 17.8 Å². The Kier molecular flexibility index (Phi) is 4.00. The van der Waals surface area contributed by atoms with Gasteiger partial charge in [0.2, 0.25) is 0 Å². The molecule has 1 heterocycles. The van der Waals surface area contributed by atoms with E-state index in [0.29, 0.717) is 6.04 Å². The largest absolute Gasteiger partial charge is 0.309 e. The topological polar surface area (TPSA) is 15.3 Å². The standard InChI is InChI=1S/C19H28N2/c1-2-5-17(6-3-1)19-14-21(12-4-11-20-19)13-18(15-7-8-15)16-9-10-16/h1-3,5-6,15-16,18-20H,4,7-14H2. The summed E-state index contributed by atoms with van der Waals surface area (Å²) in [4.78, 5) is 2.76. The third-order valence-corrected chi connectivity index (χ3v) is 5.61. The summed E-state index contributed by atoms with van der Waals surface area (Å²) >= 11 is 0. The van der Waals surface area contributed by atoms with Crippen molar-refractivity contribution in [2.24, 2.45) is 17.8 Å². The number of nitrogens with one attached hydrogen (secondary N) is 1. The second-order valence-corrected chi connectivity index (χ2v) is 7.37. The summed E-state index contributed by atoms with van der Waals surface area (Å²) in [6.07, 6.45) is 7.33. The summed E-state index contributed by atoms with van der Waals surface area (Å²) < 4.78 is 0. The molecule has 3 aliphatic rings. The third-order valence-electron chi connectivity index (χ3n) is 5.61. The molecule has 2 saturated carbocycles. The van der Waals surface area contributed by atoms with E-state index in [0.717, 1.165) is 24.3 Å². The molecule has 0 aromatic heterocycles. The van der Waals surface area contributed by atoms with E-state index in [1.165, 1.54) is 57.3 Å². The molecule has 21 heavy (non-hydrogen) atoms. The van der Waals surface area contributed by atoms with Crippen LogP contribution in [0.4, 0.5) is 0 Å². The van der Waals surface area contributed by atoms with E-state index in [9.17, 15) is 0 Å². The van der Waals surface area contributed by atoms with Crippen molar-refractivity contribution in [2.75, 3.05) is 26.2 Å². The van der Waals surface area contributed by atoms with Gasteiger partial charge in [-0.3, -0.25) is 0 Å². The lowest BCUT2D eigenvalue weighted by Crippen LogP contribution is -2.36. The van der Waals surface area contributed by atoms with Crippen LogP contribution in [0.3, 0.4) is 0 Å². The Morgan fingerprint density at radius 2 is 1.76 bits per heavy atom. The van der Waals surface area contributed by atoms with Crippen molar-refractivity contribution in [3.05, 3.63) is 35.9 Å². The van der Waals surface area contributed by atoms with Crippen LogP contribution in [0.5, 0.6) is 0 Å². The zero-order valence-corrected chi connectivity index (χ0v) is 13.0. The molecular weight excluding hydrogens is 256 g/mol. The first-order chi connectivity index (χ1) is 10.4. The third kappa shape index (κ3) is 3.49. The number of hydrogen-bond donors (Lipinski definition) is 1. The van der Waals surface area contributed by atoms with E-state index in [-0.39, 0.29) is 0 Å². The predicted molar refractivity (Wildman–Crippen MR) is 87.2 cm³/mol. The van der Waals surface area contributed by atoms with Gasteiger partial charge in [0.05, 0.1) is 0 Å². The fraction of sp³-hybridized carbons (Fsp3) is 0.684. The van der Waals surface area contributed by atoms with Gasteiger partial charge in [-0.1, -0.05) is 30.3 Å². The zero-order valence-electron chi connectivity index (χ0n) is 13.0. The number of rotatable bonds is 5. The van der Waals surface area contributed by atoms with Crippen LogP contribution in [-0.4, -0.2) is 31.1 Å².